The highest BCUT2D eigenvalue weighted by Crippen LogP contribution is 2.19. The smallest absolute Gasteiger partial charge is 0.218 e. The summed E-state index contributed by atoms with van der Waals surface area (Å²) in [4.78, 5) is 0. The monoisotopic (exact) mass is 280 g/mol. The molecule has 0 N–H and O–H groups in total. The highest BCUT2D eigenvalue weighted by atomic mass is 32.2. The summed E-state index contributed by atoms with van der Waals surface area (Å²) in [6, 6.07) is 8.63. The number of rotatable bonds is 4. The molecular weight excluding hydrogens is 264 g/mol. The van der Waals surface area contributed by atoms with Crippen LogP contribution in [0, 0.1) is 11.3 Å². The second-order valence-electron chi connectivity index (χ2n) is 4.57. The number of hydrogen-bond donors (Lipinski definition) is 0. The van der Waals surface area contributed by atoms with Gasteiger partial charge in [-0.1, -0.05) is 12.1 Å². The first-order valence-corrected chi connectivity index (χ1v) is 7.66. The van der Waals surface area contributed by atoms with E-state index >= 15 is 0 Å². The van der Waals surface area contributed by atoms with Crippen LogP contribution in [0.2, 0.25) is 0 Å². The molecule has 1 aliphatic rings. The minimum absolute atomic E-state index is 0.00394. The highest BCUT2D eigenvalue weighted by molar-refractivity contribution is 7.88. The van der Waals surface area contributed by atoms with Gasteiger partial charge < -0.3 is 4.74 Å². The minimum atomic E-state index is -3.31. The maximum absolute atomic E-state index is 12.2. The number of nitriles is 1. The lowest BCUT2D eigenvalue weighted by molar-refractivity contribution is 0.115. The Kier molecular flexibility index (Phi) is 4.20. The second kappa shape index (κ2) is 5.70. The molecule has 0 bridgehead atoms. The fraction of sp³-hybridized carbons (Fsp3) is 0.462. The third-order valence-electron chi connectivity index (χ3n) is 3.27. The van der Waals surface area contributed by atoms with E-state index in [0.717, 1.165) is 6.42 Å². The first kappa shape index (κ1) is 14.0. The molecule has 0 spiro atoms. The molecular formula is C13H16N2O3S. The van der Waals surface area contributed by atoms with E-state index < -0.39 is 10.0 Å². The van der Waals surface area contributed by atoms with Gasteiger partial charge in [0, 0.05) is 20.2 Å². The number of sulfonamides is 1. The lowest BCUT2D eigenvalue weighted by atomic mass is 10.2. The summed E-state index contributed by atoms with van der Waals surface area (Å²) >= 11 is 0. The van der Waals surface area contributed by atoms with E-state index in [4.69, 9.17) is 10.00 Å². The Morgan fingerprint density at radius 3 is 2.63 bits per heavy atom. The largest absolute Gasteiger partial charge is 0.380 e. The van der Waals surface area contributed by atoms with Gasteiger partial charge >= 0.3 is 0 Å². The van der Waals surface area contributed by atoms with Crippen LogP contribution in [0.1, 0.15) is 17.5 Å². The molecule has 0 aliphatic carbocycles. The third-order valence-corrected chi connectivity index (χ3v) is 5.08. The van der Waals surface area contributed by atoms with E-state index in [1.165, 1.54) is 4.31 Å². The standard InChI is InChI=1S/C13H16N2O3S/c1-18-13-6-7-15(9-13)19(16,17)10-12-4-2-11(8-14)3-5-12/h2-5,13H,6-7,9-10H2,1H3. The predicted molar refractivity (Wildman–Crippen MR) is 70.8 cm³/mol. The third kappa shape index (κ3) is 3.32. The Bertz CT molecular complexity index is 575. The summed E-state index contributed by atoms with van der Waals surface area (Å²) in [6.07, 6.45) is 0.735. The molecule has 2 rings (SSSR count). The van der Waals surface area contributed by atoms with Crippen molar-refractivity contribution in [2.45, 2.75) is 18.3 Å². The van der Waals surface area contributed by atoms with Crippen molar-refractivity contribution < 1.29 is 13.2 Å². The zero-order valence-corrected chi connectivity index (χ0v) is 11.6. The highest BCUT2D eigenvalue weighted by Gasteiger charge is 2.31. The summed E-state index contributed by atoms with van der Waals surface area (Å²) in [5, 5.41) is 8.70. The van der Waals surface area contributed by atoms with Crippen LogP contribution in [-0.4, -0.2) is 39.0 Å². The molecule has 1 aromatic rings. The van der Waals surface area contributed by atoms with Crippen molar-refractivity contribution in [3.63, 3.8) is 0 Å². The molecule has 1 aromatic carbocycles. The molecule has 1 atom stereocenters. The molecule has 0 radical (unpaired) electrons. The Morgan fingerprint density at radius 1 is 1.42 bits per heavy atom. The van der Waals surface area contributed by atoms with Crippen LogP contribution >= 0.6 is 0 Å². The van der Waals surface area contributed by atoms with Gasteiger partial charge in [0.25, 0.3) is 0 Å². The summed E-state index contributed by atoms with van der Waals surface area (Å²) in [6.45, 7) is 0.937. The lowest BCUT2D eigenvalue weighted by Gasteiger charge is -2.16. The average molecular weight is 280 g/mol. The zero-order valence-electron chi connectivity index (χ0n) is 10.7. The van der Waals surface area contributed by atoms with Gasteiger partial charge in [0.2, 0.25) is 10.0 Å². The van der Waals surface area contributed by atoms with E-state index in [1.54, 1.807) is 31.4 Å². The fourth-order valence-corrected chi connectivity index (χ4v) is 3.69. The molecule has 1 fully saturated rings. The van der Waals surface area contributed by atoms with E-state index in [1.807, 2.05) is 6.07 Å². The summed E-state index contributed by atoms with van der Waals surface area (Å²) < 4.78 is 31.1. The van der Waals surface area contributed by atoms with Crippen LogP contribution in [0.15, 0.2) is 24.3 Å². The number of nitrogens with zero attached hydrogens (tertiary/aromatic N) is 2. The normalized spacial score (nSPS) is 20.3. The summed E-state index contributed by atoms with van der Waals surface area (Å²) in [7, 11) is -1.71. The fourth-order valence-electron chi connectivity index (χ4n) is 2.12. The summed E-state index contributed by atoms with van der Waals surface area (Å²) in [5.74, 6) is -0.0326. The maximum Gasteiger partial charge on any atom is 0.218 e. The minimum Gasteiger partial charge on any atom is -0.380 e. The van der Waals surface area contributed by atoms with Crippen molar-refractivity contribution in [1.29, 1.82) is 5.26 Å². The van der Waals surface area contributed by atoms with Crippen molar-refractivity contribution in [3.05, 3.63) is 35.4 Å². The average Bonchev–Trinajstić information content (AvgIpc) is 2.89. The van der Waals surface area contributed by atoms with Gasteiger partial charge in [0.05, 0.1) is 23.5 Å². The van der Waals surface area contributed by atoms with E-state index in [9.17, 15) is 8.42 Å². The van der Waals surface area contributed by atoms with Crippen LogP contribution < -0.4 is 0 Å². The van der Waals surface area contributed by atoms with E-state index in [0.29, 0.717) is 24.2 Å². The van der Waals surface area contributed by atoms with E-state index in [2.05, 4.69) is 0 Å². The quantitative estimate of drug-likeness (QED) is 0.828. The summed E-state index contributed by atoms with van der Waals surface area (Å²) in [5.41, 5.74) is 1.22. The molecule has 1 unspecified atom stereocenters. The van der Waals surface area contributed by atoms with Crippen molar-refractivity contribution in [1.82, 2.24) is 4.31 Å². The molecule has 6 heteroatoms. The number of methoxy groups -OCH3 is 1. The van der Waals surface area contributed by atoms with Crippen molar-refractivity contribution in [2.75, 3.05) is 20.2 Å². The lowest BCUT2D eigenvalue weighted by Crippen LogP contribution is -2.31. The first-order chi connectivity index (χ1) is 9.05. The van der Waals surface area contributed by atoms with Crippen LogP contribution in [0.4, 0.5) is 0 Å². The van der Waals surface area contributed by atoms with Gasteiger partial charge in [-0.3, -0.25) is 0 Å². The van der Waals surface area contributed by atoms with Gasteiger partial charge in [0.15, 0.2) is 0 Å². The molecule has 1 heterocycles. The molecule has 102 valence electrons. The van der Waals surface area contributed by atoms with E-state index in [-0.39, 0.29) is 11.9 Å². The number of ether oxygens (including phenoxy) is 1. The van der Waals surface area contributed by atoms with Crippen LogP contribution in [0.3, 0.4) is 0 Å². The van der Waals surface area contributed by atoms with Crippen molar-refractivity contribution >= 4 is 10.0 Å². The Morgan fingerprint density at radius 2 is 2.11 bits per heavy atom. The van der Waals surface area contributed by atoms with Crippen LogP contribution in [0.25, 0.3) is 0 Å². The Labute approximate surface area is 113 Å². The van der Waals surface area contributed by atoms with Gasteiger partial charge in [-0.15, -0.1) is 0 Å². The topological polar surface area (TPSA) is 70.4 Å². The van der Waals surface area contributed by atoms with Crippen molar-refractivity contribution in [3.8, 4) is 6.07 Å². The number of hydrogen-bond acceptors (Lipinski definition) is 4. The van der Waals surface area contributed by atoms with Gasteiger partial charge in [-0.25, -0.2) is 8.42 Å². The molecule has 0 aromatic heterocycles. The number of benzene rings is 1. The SMILES string of the molecule is COC1CCN(S(=O)(=O)Cc2ccc(C#N)cc2)C1. The first-order valence-electron chi connectivity index (χ1n) is 6.05. The predicted octanol–water partition coefficient (Wildman–Crippen LogP) is 1.11. The molecule has 0 amide bonds. The second-order valence-corrected chi connectivity index (χ2v) is 6.54. The Hall–Kier alpha value is -1.42. The van der Waals surface area contributed by atoms with Crippen molar-refractivity contribution in [2.24, 2.45) is 0 Å². The van der Waals surface area contributed by atoms with Crippen LogP contribution in [0.5, 0.6) is 0 Å². The van der Waals surface area contributed by atoms with Crippen LogP contribution in [-0.2, 0) is 20.5 Å². The molecule has 5 nitrogen and oxygen atoms in total. The van der Waals surface area contributed by atoms with Gasteiger partial charge in [-0.2, -0.15) is 9.57 Å². The molecule has 1 saturated heterocycles. The molecule has 1 aliphatic heterocycles. The zero-order chi connectivity index (χ0) is 13.9. The molecule has 19 heavy (non-hydrogen) atoms. The molecule has 0 saturated carbocycles. The maximum atomic E-state index is 12.2. The Balaban J connectivity index is 2.07. The van der Waals surface area contributed by atoms with Gasteiger partial charge in [0.1, 0.15) is 0 Å². The van der Waals surface area contributed by atoms with Gasteiger partial charge in [-0.05, 0) is 24.1 Å².